The number of hydrogen-bond donors (Lipinski definition) is 1. The first-order valence-electron chi connectivity index (χ1n) is 8.42. The molecule has 0 fully saturated rings. The van der Waals surface area contributed by atoms with E-state index in [1.165, 1.54) is 11.8 Å². The lowest BCUT2D eigenvalue weighted by Gasteiger charge is -2.22. The van der Waals surface area contributed by atoms with E-state index >= 15 is 0 Å². The fourth-order valence-electron chi connectivity index (χ4n) is 2.68. The molecule has 1 aromatic carbocycles. The number of aryl methyl sites for hydroxylation is 1. The van der Waals surface area contributed by atoms with Crippen LogP contribution in [0.25, 0.3) is 0 Å². The highest BCUT2D eigenvalue weighted by atomic mass is 16.2. The maximum absolute atomic E-state index is 12.5. The van der Waals surface area contributed by atoms with Gasteiger partial charge in [0, 0.05) is 31.5 Å². The highest BCUT2D eigenvalue weighted by Crippen LogP contribution is 2.27. The van der Waals surface area contributed by atoms with Crippen LogP contribution in [0.2, 0.25) is 0 Å². The van der Waals surface area contributed by atoms with E-state index in [9.17, 15) is 9.59 Å². The van der Waals surface area contributed by atoms with Gasteiger partial charge >= 0.3 is 0 Å². The summed E-state index contributed by atoms with van der Waals surface area (Å²) in [6.45, 7) is 8.04. The summed E-state index contributed by atoms with van der Waals surface area (Å²) in [5, 5.41) is 2.99. The molecule has 2 aromatic rings. The maximum Gasteiger partial charge on any atom is 0.244 e. The zero-order valence-corrected chi connectivity index (χ0v) is 15.2. The lowest BCUT2D eigenvalue weighted by molar-refractivity contribution is -0.133. The lowest BCUT2D eigenvalue weighted by Crippen LogP contribution is -2.36. The Bertz CT molecular complexity index is 742. The summed E-state index contributed by atoms with van der Waals surface area (Å²) in [7, 11) is 0. The Hall–Kier alpha value is -2.69. The zero-order valence-electron chi connectivity index (χ0n) is 15.2. The quantitative estimate of drug-likeness (QED) is 0.876. The topological polar surface area (TPSA) is 62.3 Å². The third-order valence-corrected chi connectivity index (χ3v) is 4.09. The molecule has 132 valence electrons. The van der Waals surface area contributed by atoms with E-state index in [2.05, 4.69) is 24.1 Å². The molecule has 0 saturated heterocycles. The number of carbonyl (C=O) groups is 2. The lowest BCUT2D eigenvalue weighted by atomic mass is 9.98. The van der Waals surface area contributed by atoms with E-state index < -0.39 is 0 Å². The van der Waals surface area contributed by atoms with Crippen LogP contribution in [0.5, 0.6) is 0 Å². The molecule has 1 N–H and O–H groups in total. The molecule has 0 aliphatic heterocycles. The summed E-state index contributed by atoms with van der Waals surface area (Å²) < 4.78 is 0. The van der Waals surface area contributed by atoms with Gasteiger partial charge in [-0.2, -0.15) is 0 Å². The predicted octanol–water partition coefficient (Wildman–Crippen LogP) is 3.50. The van der Waals surface area contributed by atoms with E-state index in [0.29, 0.717) is 12.5 Å². The van der Waals surface area contributed by atoms with E-state index in [4.69, 9.17) is 0 Å². The summed E-state index contributed by atoms with van der Waals surface area (Å²) >= 11 is 0. The zero-order chi connectivity index (χ0) is 18.4. The van der Waals surface area contributed by atoms with Crippen LogP contribution < -0.4 is 5.32 Å². The standard InChI is InChI=1S/C20H25N3O2/c1-14(2)18-7-5-6-15(3)20(18)22-19(25)13-23(16(4)24)12-17-8-10-21-11-9-17/h5-11,14H,12-13H2,1-4H3,(H,22,25). The van der Waals surface area contributed by atoms with Crippen molar-refractivity contribution < 1.29 is 9.59 Å². The number of hydrogen-bond acceptors (Lipinski definition) is 3. The van der Waals surface area contributed by atoms with Gasteiger partial charge in [0.25, 0.3) is 0 Å². The predicted molar refractivity (Wildman–Crippen MR) is 99.2 cm³/mol. The Balaban J connectivity index is 2.11. The van der Waals surface area contributed by atoms with Crippen LogP contribution >= 0.6 is 0 Å². The van der Waals surface area contributed by atoms with Crippen molar-refractivity contribution in [1.82, 2.24) is 9.88 Å². The van der Waals surface area contributed by atoms with E-state index in [-0.39, 0.29) is 18.4 Å². The average Bonchev–Trinajstić information content (AvgIpc) is 2.56. The Morgan fingerprint density at radius 2 is 1.84 bits per heavy atom. The Kier molecular flexibility index (Phi) is 6.28. The molecule has 5 heteroatoms. The molecule has 0 unspecified atom stereocenters. The van der Waals surface area contributed by atoms with Crippen LogP contribution in [0.1, 0.15) is 43.4 Å². The molecular formula is C20H25N3O2. The van der Waals surface area contributed by atoms with Gasteiger partial charge in [-0.3, -0.25) is 14.6 Å². The summed E-state index contributed by atoms with van der Waals surface area (Å²) in [6, 6.07) is 9.66. The molecule has 1 aromatic heterocycles. The number of benzene rings is 1. The number of amides is 2. The van der Waals surface area contributed by atoms with Crippen molar-refractivity contribution in [2.75, 3.05) is 11.9 Å². The van der Waals surface area contributed by atoms with Crippen molar-refractivity contribution in [3.63, 3.8) is 0 Å². The number of pyridine rings is 1. The van der Waals surface area contributed by atoms with Crippen LogP contribution in [0.3, 0.4) is 0 Å². The number of anilines is 1. The van der Waals surface area contributed by atoms with Gasteiger partial charge in [-0.15, -0.1) is 0 Å². The second-order valence-electron chi connectivity index (χ2n) is 6.47. The van der Waals surface area contributed by atoms with Crippen LogP contribution in [0.15, 0.2) is 42.7 Å². The minimum Gasteiger partial charge on any atom is -0.329 e. The largest absolute Gasteiger partial charge is 0.329 e. The van der Waals surface area contributed by atoms with Gasteiger partial charge in [0.15, 0.2) is 0 Å². The molecule has 0 atom stereocenters. The average molecular weight is 339 g/mol. The molecule has 0 radical (unpaired) electrons. The second kappa shape index (κ2) is 8.42. The van der Waals surface area contributed by atoms with E-state index in [1.807, 2.05) is 37.3 Å². The molecule has 5 nitrogen and oxygen atoms in total. The molecule has 0 saturated carbocycles. The third kappa shape index (κ3) is 5.14. The van der Waals surface area contributed by atoms with Gasteiger partial charge in [0.1, 0.15) is 6.54 Å². The van der Waals surface area contributed by atoms with Crippen LogP contribution in [-0.2, 0) is 16.1 Å². The van der Waals surface area contributed by atoms with Gasteiger partial charge in [-0.05, 0) is 41.7 Å². The molecule has 0 spiro atoms. The van der Waals surface area contributed by atoms with Gasteiger partial charge < -0.3 is 10.2 Å². The van der Waals surface area contributed by atoms with Crippen LogP contribution in [0.4, 0.5) is 5.69 Å². The van der Waals surface area contributed by atoms with Gasteiger partial charge in [-0.25, -0.2) is 0 Å². The molecule has 25 heavy (non-hydrogen) atoms. The normalized spacial score (nSPS) is 10.6. The number of aromatic nitrogens is 1. The van der Waals surface area contributed by atoms with Crippen LogP contribution in [0, 0.1) is 6.92 Å². The highest BCUT2D eigenvalue weighted by molar-refractivity contribution is 5.95. The smallest absolute Gasteiger partial charge is 0.244 e. The summed E-state index contributed by atoms with van der Waals surface area (Å²) in [5.41, 5.74) is 3.89. The van der Waals surface area contributed by atoms with Crippen molar-refractivity contribution in [2.45, 2.75) is 40.2 Å². The Labute approximate surface area is 149 Å². The summed E-state index contributed by atoms with van der Waals surface area (Å²) in [4.78, 5) is 29.9. The van der Waals surface area contributed by atoms with Gasteiger partial charge in [0.05, 0.1) is 0 Å². The second-order valence-corrected chi connectivity index (χ2v) is 6.47. The molecule has 2 amide bonds. The van der Waals surface area contributed by atoms with Crippen molar-refractivity contribution >= 4 is 17.5 Å². The van der Waals surface area contributed by atoms with Crippen molar-refractivity contribution in [2.24, 2.45) is 0 Å². The van der Waals surface area contributed by atoms with Crippen molar-refractivity contribution in [3.8, 4) is 0 Å². The van der Waals surface area contributed by atoms with E-state index in [1.54, 1.807) is 12.4 Å². The molecule has 0 aliphatic rings. The van der Waals surface area contributed by atoms with Gasteiger partial charge in [-0.1, -0.05) is 32.0 Å². The van der Waals surface area contributed by atoms with Gasteiger partial charge in [0.2, 0.25) is 11.8 Å². The van der Waals surface area contributed by atoms with Crippen LogP contribution in [-0.4, -0.2) is 28.2 Å². The fourth-order valence-corrected chi connectivity index (χ4v) is 2.68. The van der Waals surface area contributed by atoms with E-state index in [0.717, 1.165) is 22.4 Å². The number of carbonyl (C=O) groups excluding carboxylic acids is 2. The maximum atomic E-state index is 12.5. The Morgan fingerprint density at radius 1 is 1.16 bits per heavy atom. The first-order chi connectivity index (χ1) is 11.9. The number of nitrogens with one attached hydrogen (secondary N) is 1. The van der Waals surface area contributed by atoms with Crippen molar-refractivity contribution in [3.05, 3.63) is 59.4 Å². The third-order valence-electron chi connectivity index (χ3n) is 4.09. The molecule has 0 aliphatic carbocycles. The fraction of sp³-hybridized carbons (Fsp3) is 0.350. The first-order valence-corrected chi connectivity index (χ1v) is 8.42. The number of para-hydroxylation sites is 1. The highest BCUT2D eigenvalue weighted by Gasteiger charge is 2.17. The summed E-state index contributed by atoms with van der Waals surface area (Å²) in [5.74, 6) is -0.0304. The molecule has 2 rings (SSSR count). The molecule has 0 bridgehead atoms. The minimum absolute atomic E-state index is 0.0174. The minimum atomic E-state index is -0.194. The molecule has 1 heterocycles. The van der Waals surface area contributed by atoms with Crippen molar-refractivity contribution in [1.29, 1.82) is 0 Å². The first kappa shape index (κ1) is 18.6. The number of rotatable bonds is 6. The summed E-state index contributed by atoms with van der Waals surface area (Å²) in [6.07, 6.45) is 3.35. The SMILES string of the molecule is CC(=O)N(CC(=O)Nc1c(C)cccc1C(C)C)Cc1ccncc1. The number of nitrogens with zero attached hydrogens (tertiary/aromatic N) is 2. The molecular weight excluding hydrogens is 314 g/mol. The monoisotopic (exact) mass is 339 g/mol. The Morgan fingerprint density at radius 3 is 2.44 bits per heavy atom.